The third-order valence-electron chi connectivity index (χ3n) is 3.30. The molecule has 0 aliphatic carbocycles. The van der Waals surface area contributed by atoms with E-state index >= 15 is 0 Å². The lowest BCUT2D eigenvalue weighted by atomic mass is 10.1. The van der Waals surface area contributed by atoms with Gasteiger partial charge in [-0.2, -0.15) is 0 Å². The summed E-state index contributed by atoms with van der Waals surface area (Å²) in [6.45, 7) is 3.70. The van der Waals surface area contributed by atoms with Crippen LogP contribution in [0.4, 0.5) is 5.82 Å². The van der Waals surface area contributed by atoms with Gasteiger partial charge in [0.2, 0.25) is 5.91 Å². The third-order valence-corrected chi connectivity index (χ3v) is 4.09. The first-order valence-electron chi connectivity index (χ1n) is 7.00. The normalized spacial score (nSPS) is 13.4. The molecule has 1 aromatic heterocycles. The maximum absolute atomic E-state index is 12.2. The van der Waals surface area contributed by atoms with E-state index in [0.29, 0.717) is 20.9 Å². The fourth-order valence-electron chi connectivity index (χ4n) is 2.08. The van der Waals surface area contributed by atoms with Gasteiger partial charge < -0.3 is 5.32 Å². The number of pyridine rings is 1. The molecule has 1 aromatic carbocycles. The first-order chi connectivity index (χ1) is 10.9. The highest BCUT2D eigenvalue weighted by molar-refractivity contribution is 6.35. The summed E-state index contributed by atoms with van der Waals surface area (Å²) in [5, 5.41) is 7.57. The summed E-state index contributed by atoms with van der Waals surface area (Å²) in [6.07, 6.45) is 1.48. The minimum Gasteiger partial charge on any atom is -0.309 e. The molecular weight excluding hydrogens is 357 g/mol. The SMILES string of the molecule is CC(NC(C)c1ccc(Cl)cc1Cl)C(=O)Nc1ccc(Cl)cn1. The summed E-state index contributed by atoms with van der Waals surface area (Å²) in [7, 11) is 0. The van der Waals surface area contributed by atoms with Crippen LogP contribution in [0.1, 0.15) is 25.5 Å². The van der Waals surface area contributed by atoms with E-state index in [4.69, 9.17) is 34.8 Å². The number of benzene rings is 1. The van der Waals surface area contributed by atoms with Crippen LogP contribution >= 0.6 is 34.8 Å². The lowest BCUT2D eigenvalue weighted by Crippen LogP contribution is -2.39. The highest BCUT2D eigenvalue weighted by atomic mass is 35.5. The van der Waals surface area contributed by atoms with Crippen molar-refractivity contribution in [3.05, 3.63) is 57.2 Å². The molecule has 1 heterocycles. The van der Waals surface area contributed by atoms with Gasteiger partial charge in [0, 0.05) is 22.3 Å². The molecule has 0 saturated heterocycles. The van der Waals surface area contributed by atoms with E-state index < -0.39 is 6.04 Å². The Kier molecular flexibility index (Phi) is 6.25. The zero-order valence-corrected chi connectivity index (χ0v) is 14.9. The molecule has 2 rings (SSSR count). The average molecular weight is 373 g/mol. The van der Waals surface area contributed by atoms with Gasteiger partial charge in [0.05, 0.1) is 11.1 Å². The van der Waals surface area contributed by atoms with Crippen LogP contribution in [-0.2, 0) is 4.79 Å². The van der Waals surface area contributed by atoms with Crippen LogP contribution in [0, 0.1) is 0 Å². The summed E-state index contributed by atoms with van der Waals surface area (Å²) in [5.74, 6) is 0.252. The molecule has 0 radical (unpaired) electrons. The van der Waals surface area contributed by atoms with Crippen LogP contribution in [0.2, 0.25) is 15.1 Å². The number of amides is 1. The Morgan fingerprint density at radius 1 is 1.09 bits per heavy atom. The Morgan fingerprint density at radius 2 is 1.78 bits per heavy atom. The van der Waals surface area contributed by atoms with Crippen molar-refractivity contribution >= 4 is 46.5 Å². The number of hydrogen-bond acceptors (Lipinski definition) is 3. The van der Waals surface area contributed by atoms with Gasteiger partial charge in [0.15, 0.2) is 0 Å². The quantitative estimate of drug-likeness (QED) is 0.798. The van der Waals surface area contributed by atoms with Crippen molar-refractivity contribution in [1.82, 2.24) is 10.3 Å². The highest BCUT2D eigenvalue weighted by Gasteiger charge is 2.18. The second-order valence-corrected chi connectivity index (χ2v) is 6.41. The summed E-state index contributed by atoms with van der Waals surface area (Å²) >= 11 is 17.8. The molecule has 0 bridgehead atoms. The Hall–Kier alpha value is -1.33. The van der Waals surface area contributed by atoms with Gasteiger partial charge in [-0.05, 0) is 43.7 Å². The zero-order valence-electron chi connectivity index (χ0n) is 12.6. The average Bonchev–Trinajstić information content (AvgIpc) is 2.49. The fourth-order valence-corrected chi connectivity index (χ4v) is 2.76. The topological polar surface area (TPSA) is 54.0 Å². The minimum atomic E-state index is -0.436. The summed E-state index contributed by atoms with van der Waals surface area (Å²) in [4.78, 5) is 16.2. The van der Waals surface area contributed by atoms with Crippen molar-refractivity contribution in [1.29, 1.82) is 0 Å². The van der Waals surface area contributed by atoms with Gasteiger partial charge in [-0.1, -0.05) is 40.9 Å². The predicted molar refractivity (Wildman–Crippen MR) is 95.4 cm³/mol. The number of nitrogens with zero attached hydrogens (tertiary/aromatic N) is 1. The number of hydrogen-bond donors (Lipinski definition) is 2. The van der Waals surface area contributed by atoms with Crippen LogP contribution < -0.4 is 10.6 Å². The van der Waals surface area contributed by atoms with Gasteiger partial charge in [-0.3, -0.25) is 10.1 Å². The highest BCUT2D eigenvalue weighted by Crippen LogP contribution is 2.26. The number of anilines is 1. The Bertz CT molecular complexity index is 691. The third kappa shape index (κ3) is 5.08. The largest absolute Gasteiger partial charge is 0.309 e. The maximum atomic E-state index is 12.2. The van der Waals surface area contributed by atoms with Crippen LogP contribution in [0.3, 0.4) is 0 Å². The van der Waals surface area contributed by atoms with E-state index in [-0.39, 0.29) is 11.9 Å². The number of nitrogens with one attached hydrogen (secondary N) is 2. The number of aromatic nitrogens is 1. The Labute approximate surface area is 150 Å². The first kappa shape index (κ1) is 18.0. The molecule has 2 unspecified atom stereocenters. The van der Waals surface area contributed by atoms with Crippen molar-refractivity contribution in [2.45, 2.75) is 25.9 Å². The summed E-state index contributed by atoms with van der Waals surface area (Å²) in [6, 6.07) is 8.05. The van der Waals surface area contributed by atoms with Gasteiger partial charge in [-0.25, -0.2) is 4.98 Å². The first-order valence-corrected chi connectivity index (χ1v) is 8.13. The van der Waals surface area contributed by atoms with Crippen LogP contribution in [-0.4, -0.2) is 16.9 Å². The van der Waals surface area contributed by atoms with Gasteiger partial charge in [0.1, 0.15) is 5.82 Å². The molecule has 7 heteroatoms. The molecule has 0 aliphatic rings. The molecule has 0 saturated carbocycles. The standard InChI is InChI=1S/C16H16Cl3N3O/c1-9(13-5-3-11(17)7-14(13)19)21-10(2)16(23)22-15-6-4-12(18)8-20-15/h3-10,21H,1-2H3,(H,20,22,23). The number of carbonyl (C=O) groups excluding carboxylic acids is 1. The van der Waals surface area contributed by atoms with E-state index in [0.717, 1.165) is 5.56 Å². The molecule has 2 aromatic rings. The molecule has 2 atom stereocenters. The van der Waals surface area contributed by atoms with E-state index in [1.165, 1.54) is 6.20 Å². The lowest BCUT2D eigenvalue weighted by Gasteiger charge is -2.20. The van der Waals surface area contributed by atoms with Crippen molar-refractivity contribution in [3.8, 4) is 0 Å². The molecule has 1 amide bonds. The molecule has 0 spiro atoms. The second-order valence-electron chi connectivity index (χ2n) is 5.13. The van der Waals surface area contributed by atoms with Gasteiger partial charge in [-0.15, -0.1) is 0 Å². The van der Waals surface area contributed by atoms with E-state index in [1.807, 2.05) is 13.0 Å². The van der Waals surface area contributed by atoms with Crippen molar-refractivity contribution in [2.75, 3.05) is 5.32 Å². The number of carbonyl (C=O) groups is 1. The second kappa shape index (κ2) is 7.97. The zero-order chi connectivity index (χ0) is 17.0. The van der Waals surface area contributed by atoms with Gasteiger partial charge >= 0.3 is 0 Å². The van der Waals surface area contributed by atoms with Gasteiger partial charge in [0.25, 0.3) is 0 Å². The molecule has 0 fully saturated rings. The lowest BCUT2D eigenvalue weighted by molar-refractivity contribution is -0.118. The van der Waals surface area contributed by atoms with E-state index in [1.54, 1.807) is 31.2 Å². The minimum absolute atomic E-state index is 0.112. The monoisotopic (exact) mass is 371 g/mol. The smallest absolute Gasteiger partial charge is 0.242 e. The Balaban J connectivity index is 1.98. The molecule has 4 nitrogen and oxygen atoms in total. The predicted octanol–water partition coefficient (Wildman–Crippen LogP) is 4.72. The van der Waals surface area contributed by atoms with Crippen LogP contribution in [0.25, 0.3) is 0 Å². The molecule has 23 heavy (non-hydrogen) atoms. The number of halogens is 3. The van der Waals surface area contributed by atoms with Crippen molar-refractivity contribution in [3.63, 3.8) is 0 Å². The summed E-state index contributed by atoms with van der Waals surface area (Å²) in [5.41, 5.74) is 0.875. The van der Waals surface area contributed by atoms with Crippen LogP contribution in [0.5, 0.6) is 0 Å². The molecule has 0 aliphatic heterocycles. The van der Waals surface area contributed by atoms with Crippen LogP contribution in [0.15, 0.2) is 36.5 Å². The van der Waals surface area contributed by atoms with E-state index in [2.05, 4.69) is 15.6 Å². The number of rotatable bonds is 5. The van der Waals surface area contributed by atoms with Crippen molar-refractivity contribution < 1.29 is 4.79 Å². The maximum Gasteiger partial charge on any atom is 0.242 e. The summed E-state index contributed by atoms with van der Waals surface area (Å²) < 4.78 is 0. The van der Waals surface area contributed by atoms with Crippen molar-refractivity contribution in [2.24, 2.45) is 0 Å². The Morgan fingerprint density at radius 3 is 2.39 bits per heavy atom. The molecule has 2 N–H and O–H groups in total. The molecular formula is C16H16Cl3N3O. The fraction of sp³-hybridized carbons (Fsp3) is 0.250. The van der Waals surface area contributed by atoms with E-state index in [9.17, 15) is 4.79 Å². The molecule has 122 valence electrons.